The summed E-state index contributed by atoms with van der Waals surface area (Å²) in [5.41, 5.74) is -0.0572. The minimum atomic E-state index is -0.671. The quantitative estimate of drug-likeness (QED) is 0.677. The van der Waals surface area contributed by atoms with E-state index >= 15 is 0 Å². The second-order valence-electron chi connectivity index (χ2n) is 5.17. The molecule has 0 aromatic rings. The van der Waals surface area contributed by atoms with Crippen LogP contribution in [-0.4, -0.2) is 36.9 Å². The first kappa shape index (κ1) is 15.4. The van der Waals surface area contributed by atoms with Gasteiger partial charge < -0.3 is 15.2 Å². The van der Waals surface area contributed by atoms with Crippen molar-refractivity contribution in [3.05, 3.63) is 0 Å². The van der Waals surface area contributed by atoms with Crippen molar-refractivity contribution in [2.45, 2.75) is 52.7 Å². The number of aliphatic hydroxyl groups is 1. The maximum atomic E-state index is 11.5. The van der Waals surface area contributed by atoms with Gasteiger partial charge in [-0.15, -0.1) is 0 Å². The van der Waals surface area contributed by atoms with Crippen molar-refractivity contribution in [2.24, 2.45) is 5.41 Å². The maximum Gasteiger partial charge on any atom is 0.308 e. The lowest BCUT2D eigenvalue weighted by Crippen LogP contribution is -2.33. The topological polar surface area (TPSA) is 58.6 Å². The zero-order chi connectivity index (χ0) is 12.8. The molecule has 0 rings (SSSR count). The summed E-state index contributed by atoms with van der Waals surface area (Å²) in [5.74, 6) is -0.329. The molecule has 4 heteroatoms. The standard InChI is InChI=1S/C12H25NO3/c1-6-10(12(2,3)4)16-11(15)7-9(14)8-13-5/h9-10,13-14H,6-8H2,1-5H3. The van der Waals surface area contributed by atoms with Crippen LogP contribution in [0.2, 0.25) is 0 Å². The fraction of sp³-hybridized carbons (Fsp3) is 0.917. The Kier molecular flexibility index (Phi) is 6.60. The second kappa shape index (κ2) is 6.86. The Balaban J connectivity index is 4.12. The summed E-state index contributed by atoms with van der Waals surface area (Å²) in [6, 6.07) is 0. The Labute approximate surface area is 98.4 Å². The van der Waals surface area contributed by atoms with E-state index in [0.717, 1.165) is 6.42 Å². The molecular formula is C12H25NO3. The molecule has 0 heterocycles. The van der Waals surface area contributed by atoms with Crippen molar-refractivity contribution < 1.29 is 14.6 Å². The molecule has 2 unspecified atom stereocenters. The molecule has 0 aromatic carbocycles. The number of esters is 1. The summed E-state index contributed by atoms with van der Waals surface area (Å²) in [5, 5.41) is 12.3. The molecule has 0 bridgehead atoms. The van der Waals surface area contributed by atoms with Gasteiger partial charge in [0.05, 0.1) is 12.5 Å². The van der Waals surface area contributed by atoms with E-state index < -0.39 is 6.10 Å². The number of likely N-dealkylation sites (N-methyl/N-ethyl adjacent to an activating group) is 1. The number of nitrogens with one attached hydrogen (secondary N) is 1. The summed E-state index contributed by atoms with van der Waals surface area (Å²) in [7, 11) is 1.73. The Hall–Kier alpha value is -0.610. The minimum Gasteiger partial charge on any atom is -0.462 e. The van der Waals surface area contributed by atoms with E-state index in [4.69, 9.17) is 4.74 Å². The van der Waals surface area contributed by atoms with Crippen LogP contribution in [0.15, 0.2) is 0 Å². The van der Waals surface area contributed by atoms with E-state index in [1.807, 2.05) is 27.7 Å². The van der Waals surface area contributed by atoms with Crippen LogP contribution in [-0.2, 0) is 9.53 Å². The summed E-state index contributed by atoms with van der Waals surface area (Å²) in [4.78, 5) is 11.5. The number of hydrogen-bond donors (Lipinski definition) is 2. The number of hydrogen-bond acceptors (Lipinski definition) is 4. The lowest BCUT2D eigenvalue weighted by Gasteiger charge is -2.29. The van der Waals surface area contributed by atoms with Crippen LogP contribution in [0.1, 0.15) is 40.5 Å². The minimum absolute atomic E-state index is 0.0490. The van der Waals surface area contributed by atoms with Gasteiger partial charge in [0, 0.05) is 6.54 Å². The average molecular weight is 231 g/mol. The lowest BCUT2D eigenvalue weighted by atomic mass is 9.87. The molecule has 0 radical (unpaired) electrons. The van der Waals surface area contributed by atoms with E-state index in [0.29, 0.717) is 6.54 Å². The summed E-state index contributed by atoms with van der Waals surface area (Å²) in [6.07, 6.45) is 0.0712. The highest BCUT2D eigenvalue weighted by Gasteiger charge is 2.27. The van der Waals surface area contributed by atoms with Crippen molar-refractivity contribution in [1.82, 2.24) is 5.32 Å². The zero-order valence-corrected chi connectivity index (χ0v) is 11.0. The number of carbonyl (C=O) groups excluding carboxylic acids is 1. The van der Waals surface area contributed by atoms with Gasteiger partial charge in [0.15, 0.2) is 0 Å². The van der Waals surface area contributed by atoms with Gasteiger partial charge in [-0.1, -0.05) is 27.7 Å². The SMILES string of the molecule is CCC(OC(=O)CC(O)CNC)C(C)(C)C. The average Bonchev–Trinajstić information content (AvgIpc) is 2.12. The van der Waals surface area contributed by atoms with Crippen LogP contribution >= 0.6 is 0 Å². The first-order valence-corrected chi connectivity index (χ1v) is 5.83. The van der Waals surface area contributed by atoms with Crippen LogP contribution in [0.25, 0.3) is 0 Å². The Morgan fingerprint density at radius 3 is 2.38 bits per heavy atom. The molecule has 4 nitrogen and oxygen atoms in total. The van der Waals surface area contributed by atoms with Gasteiger partial charge in [-0.2, -0.15) is 0 Å². The van der Waals surface area contributed by atoms with Crippen LogP contribution in [0.5, 0.6) is 0 Å². The first-order valence-electron chi connectivity index (χ1n) is 5.83. The molecule has 0 fully saturated rings. The van der Waals surface area contributed by atoms with Gasteiger partial charge in [0.1, 0.15) is 6.10 Å². The fourth-order valence-corrected chi connectivity index (χ4v) is 1.58. The van der Waals surface area contributed by atoms with Gasteiger partial charge in [0.25, 0.3) is 0 Å². The monoisotopic (exact) mass is 231 g/mol. The highest BCUT2D eigenvalue weighted by Crippen LogP contribution is 2.25. The van der Waals surface area contributed by atoms with E-state index in [-0.39, 0.29) is 23.9 Å². The van der Waals surface area contributed by atoms with E-state index in [2.05, 4.69) is 5.32 Å². The fourth-order valence-electron chi connectivity index (χ4n) is 1.58. The third-order valence-electron chi connectivity index (χ3n) is 2.45. The highest BCUT2D eigenvalue weighted by atomic mass is 16.5. The smallest absolute Gasteiger partial charge is 0.308 e. The summed E-state index contributed by atoms with van der Waals surface area (Å²) >= 11 is 0. The van der Waals surface area contributed by atoms with Gasteiger partial charge in [-0.05, 0) is 18.9 Å². The molecule has 0 saturated heterocycles. The van der Waals surface area contributed by atoms with Gasteiger partial charge in [-0.3, -0.25) is 4.79 Å². The van der Waals surface area contributed by atoms with Crippen LogP contribution in [0, 0.1) is 5.41 Å². The number of rotatable bonds is 6. The molecular weight excluding hydrogens is 206 g/mol. The third kappa shape index (κ3) is 6.08. The van der Waals surface area contributed by atoms with Crippen LogP contribution in [0.3, 0.4) is 0 Å². The summed E-state index contributed by atoms with van der Waals surface area (Å²) in [6.45, 7) is 8.52. The van der Waals surface area contributed by atoms with Crippen LogP contribution < -0.4 is 5.32 Å². The van der Waals surface area contributed by atoms with Crippen molar-refractivity contribution in [3.8, 4) is 0 Å². The predicted molar refractivity (Wildman–Crippen MR) is 64.2 cm³/mol. The molecule has 0 spiro atoms. The number of carbonyl (C=O) groups is 1. The molecule has 16 heavy (non-hydrogen) atoms. The molecule has 0 amide bonds. The molecule has 0 aliphatic carbocycles. The van der Waals surface area contributed by atoms with Crippen LogP contribution in [0.4, 0.5) is 0 Å². The molecule has 2 atom stereocenters. The van der Waals surface area contributed by atoms with Gasteiger partial charge in [0.2, 0.25) is 0 Å². The first-order chi connectivity index (χ1) is 7.31. The Bertz CT molecular complexity index is 211. The van der Waals surface area contributed by atoms with Gasteiger partial charge in [-0.25, -0.2) is 0 Å². The summed E-state index contributed by atoms with van der Waals surface area (Å²) < 4.78 is 5.35. The molecule has 96 valence electrons. The molecule has 2 N–H and O–H groups in total. The lowest BCUT2D eigenvalue weighted by molar-refractivity contribution is -0.157. The molecule has 0 saturated carbocycles. The Morgan fingerprint density at radius 2 is 2.00 bits per heavy atom. The maximum absolute atomic E-state index is 11.5. The molecule has 0 aliphatic rings. The normalized spacial score (nSPS) is 15.6. The Morgan fingerprint density at radius 1 is 1.44 bits per heavy atom. The molecule has 0 aromatic heterocycles. The largest absolute Gasteiger partial charge is 0.462 e. The predicted octanol–water partition coefficient (Wildman–Crippen LogP) is 1.32. The third-order valence-corrected chi connectivity index (χ3v) is 2.45. The van der Waals surface area contributed by atoms with E-state index in [1.54, 1.807) is 7.05 Å². The van der Waals surface area contributed by atoms with Gasteiger partial charge >= 0.3 is 5.97 Å². The van der Waals surface area contributed by atoms with Crippen molar-refractivity contribution in [3.63, 3.8) is 0 Å². The second-order valence-corrected chi connectivity index (χ2v) is 5.17. The van der Waals surface area contributed by atoms with E-state index in [1.165, 1.54) is 0 Å². The van der Waals surface area contributed by atoms with Crippen molar-refractivity contribution in [2.75, 3.05) is 13.6 Å². The molecule has 0 aliphatic heterocycles. The van der Waals surface area contributed by atoms with Crippen molar-refractivity contribution in [1.29, 1.82) is 0 Å². The number of ether oxygens (including phenoxy) is 1. The highest BCUT2D eigenvalue weighted by molar-refractivity contribution is 5.70. The van der Waals surface area contributed by atoms with E-state index in [9.17, 15) is 9.90 Å². The zero-order valence-electron chi connectivity index (χ0n) is 11.0. The van der Waals surface area contributed by atoms with Crippen molar-refractivity contribution >= 4 is 5.97 Å². The number of aliphatic hydroxyl groups excluding tert-OH is 1.